The lowest BCUT2D eigenvalue weighted by molar-refractivity contribution is -0.118. The molecule has 2 heterocycles. The SMILES string of the molecule is CNCc1cc(S(=O)(=O)NC(=O)Cc2c(-c3cccnc3)cc(F)cc2C(C)C)nn1C(C)C. The number of hydrogen-bond donors (Lipinski definition) is 2. The van der Waals surface area contributed by atoms with E-state index in [9.17, 15) is 17.6 Å². The molecule has 0 aliphatic rings. The van der Waals surface area contributed by atoms with Crippen LogP contribution < -0.4 is 10.0 Å². The number of rotatable bonds is 9. The van der Waals surface area contributed by atoms with E-state index in [2.05, 4.69) is 20.1 Å². The summed E-state index contributed by atoms with van der Waals surface area (Å²) in [4.78, 5) is 17.0. The van der Waals surface area contributed by atoms with Gasteiger partial charge in [0.2, 0.25) is 5.91 Å². The van der Waals surface area contributed by atoms with Crippen molar-refractivity contribution in [1.29, 1.82) is 0 Å². The van der Waals surface area contributed by atoms with Gasteiger partial charge in [0.15, 0.2) is 5.03 Å². The molecule has 8 nitrogen and oxygen atoms in total. The molecular weight excluding hydrogens is 457 g/mol. The molecular formula is C24H30FN5O3S. The molecule has 0 fully saturated rings. The molecule has 0 bridgehead atoms. The van der Waals surface area contributed by atoms with Crippen molar-refractivity contribution in [3.63, 3.8) is 0 Å². The molecule has 182 valence electrons. The molecule has 1 aromatic carbocycles. The minimum atomic E-state index is -4.20. The number of amides is 1. The van der Waals surface area contributed by atoms with Gasteiger partial charge in [0.25, 0.3) is 10.0 Å². The normalized spacial score (nSPS) is 11.9. The summed E-state index contributed by atoms with van der Waals surface area (Å²) >= 11 is 0. The average molecular weight is 488 g/mol. The minimum absolute atomic E-state index is 0.0575. The largest absolute Gasteiger partial charge is 0.314 e. The zero-order valence-electron chi connectivity index (χ0n) is 20.0. The number of nitrogens with one attached hydrogen (secondary N) is 2. The molecule has 10 heteroatoms. The fourth-order valence-corrected chi connectivity index (χ4v) is 4.81. The first-order valence-electron chi connectivity index (χ1n) is 11.0. The summed E-state index contributed by atoms with van der Waals surface area (Å²) < 4.78 is 44.1. The summed E-state index contributed by atoms with van der Waals surface area (Å²) in [6, 6.07) is 7.61. The summed E-state index contributed by atoms with van der Waals surface area (Å²) in [5, 5.41) is 6.95. The highest BCUT2D eigenvalue weighted by Gasteiger charge is 2.25. The van der Waals surface area contributed by atoms with Gasteiger partial charge in [-0.1, -0.05) is 19.9 Å². The van der Waals surface area contributed by atoms with Gasteiger partial charge in [0.05, 0.1) is 12.1 Å². The second-order valence-electron chi connectivity index (χ2n) is 8.67. The monoisotopic (exact) mass is 487 g/mol. The number of carbonyl (C=O) groups excluding carboxylic acids is 1. The maximum atomic E-state index is 14.4. The Labute approximate surface area is 199 Å². The van der Waals surface area contributed by atoms with Crippen molar-refractivity contribution in [3.8, 4) is 11.1 Å². The van der Waals surface area contributed by atoms with Gasteiger partial charge in [-0.25, -0.2) is 9.11 Å². The van der Waals surface area contributed by atoms with Crippen LogP contribution in [0.15, 0.2) is 47.8 Å². The maximum Gasteiger partial charge on any atom is 0.283 e. The fraction of sp³-hybridized carbons (Fsp3) is 0.375. The molecule has 0 aliphatic heterocycles. The third-order valence-corrected chi connectivity index (χ3v) is 6.59. The Bertz CT molecular complexity index is 1270. The number of benzene rings is 1. The molecule has 34 heavy (non-hydrogen) atoms. The van der Waals surface area contributed by atoms with E-state index in [1.165, 1.54) is 18.2 Å². The quantitative estimate of drug-likeness (QED) is 0.478. The van der Waals surface area contributed by atoms with Crippen molar-refractivity contribution in [3.05, 3.63) is 65.4 Å². The first-order chi connectivity index (χ1) is 16.0. The summed E-state index contributed by atoms with van der Waals surface area (Å²) in [6.07, 6.45) is 2.94. The third-order valence-electron chi connectivity index (χ3n) is 5.34. The molecule has 0 atom stereocenters. The minimum Gasteiger partial charge on any atom is -0.314 e. The van der Waals surface area contributed by atoms with Crippen molar-refractivity contribution in [2.45, 2.75) is 57.6 Å². The van der Waals surface area contributed by atoms with Crippen LogP contribution in [0.4, 0.5) is 4.39 Å². The van der Waals surface area contributed by atoms with Gasteiger partial charge in [0.1, 0.15) is 5.82 Å². The van der Waals surface area contributed by atoms with Crippen LogP contribution in [0, 0.1) is 5.82 Å². The van der Waals surface area contributed by atoms with Crippen LogP contribution in [-0.4, -0.2) is 36.1 Å². The third kappa shape index (κ3) is 5.68. The maximum absolute atomic E-state index is 14.4. The molecule has 0 unspecified atom stereocenters. The van der Waals surface area contributed by atoms with Gasteiger partial charge in [-0.3, -0.25) is 14.5 Å². The van der Waals surface area contributed by atoms with Crippen LogP contribution in [0.25, 0.3) is 11.1 Å². The van der Waals surface area contributed by atoms with Crippen LogP contribution in [0.2, 0.25) is 0 Å². The Balaban J connectivity index is 1.95. The highest BCUT2D eigenvalue weighted by atomic mass is 32.2. The summed E-state index contributed by atoms with van der Waals surface area (Å²) in [5.74, 6) is -1.25. The highest BCUT2D eigenvalue weighted by molar-refractivity contribution is 7.90. The molecule has 0 saturated heterocycles. The molecule has 0 saturated carbocycles. The number of pyridine rings is 1. The zero-order valence-corrected chi connectivity index (χ0v) is 20.8. The smallest absolute Gasteiger partial charge is 0.283 e. The van der Waals surface area contributed by atoms with Crippen LogP contribution in [0.5, 0.6) is 0 Å². The molecule has 2 aromatic heterocycles. The van der Waals surface area contributed by atoms with Gasteiger partial charge in [-0.15, -0.1) is 0 Å². The molecule has 0 aliphatic carbocycles. The predicted molar refractivity (Wildman–Crippen MR) is 128 cm³/mol. The molecule has 2 N–H and O–H groups in total. The number of nitrogens with zero attached hydrogens (tertiary/aromatic N) is 3. The molecule has 0 spiro atoms. The highest BCUT2D eigenvalue weighted by Crippen LogP contribution is 2.32. The van der Waals surface area contributed by atoms with E-state index in [0.29, 0.717) is 34.5 Å². The van der Waals surface area contributed by atoms with E-state index in [1.54, 1.807) is 36.3 Å². The van der Waals surface area contributed by atoms with Crippen molar-refractivity contribution >= 4 is 15.9 Å². The number of sulfonamides is 1. The lowest BCUT2D eigenvalue weighted by atomic mass is 9.88. The molecule has 3 aromatic rings. The predicted octanol–water partition coefficient (Wildman–Crippen LogP) is 3.56. The van der Waals surface area contributed by atoms with Crippen molar-refractivity contribution < 1.29 is 17.6 Å². The summed E-state index contributed by atoms with van der Waals surface area (Å²) in [6.45, 7) is 7.99. The standard InChI is InChI=1S/C24H30FN5O3S/c1-15(2)20-9-18(25)10-21(17-7-6-8-27-13-17)22(20)12-23(31)29-34(32,33)24-11-19(14-26-5)30(28-24)16(3)4/h6-11,13,15-16,26H,12,14H2,1-5H3,(H,29,31). The summed E-state index contributed by atoms with van der Waals surface area (Å²) in [7, 11) is -2.45. The Morgan fingerprint density at radius 1 is 1.18 bits per heavy atom. The van der Waals surface area contributed by atoms with Gasteiger partial charge in [0, 0.05) is 36.6 Å². The van der Waals surface area contributed by atoms with E-state index < -0.39 is 21.7 Å². The van der Waals surface area contributed by atoms with Crippen molar-refractivity contribution in [2.24, 2.45) is 0 Å². The van der Waals surface area contributed by atoms with Gasteiger partial charge in [-0.2, -0.15) is 13.5 Å². The van der Waals surface area contributed by atoms with Gasteiger partial charge in [-0.05, 0) is 61.7 Å². The van der Waals surface area contributed by atoms with Crippen LogP contribution in [0.1, 0.15) is 56.5 Å². The van der Waals surface area contributed by atoms with Crippen LogP contribution in [0.3, 0.4) is 0 Å². The van der Waals surface area contributed by atoms with Crippen molar-refractivity contribution in [2.75, 3.05) is 7.05 Å². The van der Waals surface area contributed by atoms with E-state index in [1.807, 2.05) is 27.7 Å². The number of carbonyl (C=O) groups is 1. The summed E-state index contributed by atoms with van der Waals surface area (Å²) in [5.41, 5.74) is 3.02. The lowest BCUT2D eigenvalue weighted by Crippen LogP contribution is -2.32. The topological polar surface area (TPSA) is 106 Å². The second-order valence-corrected chi connectivity index (χ2v) is 10.3. The first-order valence-corrected chi connectivity index (χ1v) is 12.5. The zero-order chi connectivity index (χ0) is 25.0. The van der Waals surface area contributed by atoms with Crippen LogP contribution in [-0.2, 0) is 27.8 Å². The van der Waals surface area contributed by atoms with E-state index in [4.69, 9.17) is 0 Å². The van der Waals surface area contributed by atoms with Gasteiger partial charge < -0.3 is 5.32 Å². The Morgan fingerprint density at radius 3 is 2.50 bits per heavy atom. The first kappa shape index (κ1) is 25.5. The van der Waals surface area contributed by atoms with Crippen LogP contribution >= 0.6 is 0 Å². The molecule has 1 amide bonds. The number of hydrogen-bond acceptors (Lipinski definition) is 6. The lowest BCUT2D eigenvalue weighted by Gasteiger charge is -2.18. The Kier molecular flexibility index (Phi) is 7.83. The second kappa shape index (κ2) is 10.4. The van der Waals surface area contributed by atoms with Gasteiger partial charge >= 0.3 is 0 Å². The van der Waals surface area contributed by atoms with Crippen molar-refractivity contribution in [1.82, 2.24) is 24.8 Å². The Hall–Kier alpha value is -3.11. The Morgan fingerprint density at radius 2 is 1.91 bits per heavy atom. The van der Waals surface area contributed by atoms with E-state index in [0.717, 1.165) is 0 Å². The average Bonchev–Trinajstić information content (AvgIpc) is 3.20. The molecule has 0 radical (unpaired) electrons. The number of aromatic nitrogens is 3. The van der Waals surface area contributed by atoms with E-state index in [-0.39, 0.29) is 23.4 Å². The number of halogens is 1. The fourth-order valence-electron chi connectivity index (χ4n) is 3.85. The van der Waals surface area contributed by atoms with E-state index >= 15 is 0 Å². The molecule has 3 rings (SSSR count).